The monoisotopic (exact) mass is 338 g/mol. The number of aromatic nitrogens is 1. The Labute approximate surface area is 144 Å². The second-order valence-electron chi connectivity index (χ2n) is 5.93. The van der Waals surface area contributed by atoms with Crippen molar-refractivity contribution in [3.8, 4) is 0 Å². The van der Waals surface area contributed by atoms with Crippen LogP contribution in [0.15, 0.2) is 53.1 Å². The summed E-state index contributed by atoms with van der Waals surface area (Å²) in [6, 6.07) is 13.4. The fourth-order valence-electron chi connectivity index (χ4n) is 2.98. The van der Waals surface area contributed by atoms with Crippen LogP contribution in [0.4, 0.5) is 5.13 Å². The molecule has 0 radical (unpaired) electrons. The molecule has 0 fully saturated rings. The smallest absolute Gasteiger partial charge is 0.296 e. The number of fused-ring (bicyclic) bond motifs is 1. The van der Waals surface area contributed by atoms with Gasteiger partial charge in [-0.1, -0.05) is 30.3 Å². The normalized spacial score (nSPS) is 13.5. The zero-order valence-electron chi connectivity index (χ0n) is 13.3. The molecule has 1 aromatic carbocycles. The van der Waals surface area contributed by atoms with Crippen LogP contribution in [0.3, 0.4) is 0 Å². The molecule has 1 amide bonds. The Morgan fingerprint density at radius 2 is 1.96 bits per heavy atom. The molecular weight excluding hydrogens is 320 g/mol. The highest BCUT2D eigenvalue weighted by Crippen LogP contribution is 2.33. The molecule has 122 valence electrons. The number of rotatable bonds is 4. The van der Waals surface area contributed by atoms with Crippen LogP contribution in [0, 0.1) is 0 Å². The number of benzene rings is 1. The largest absolute Gasteiger partial charge is 0.459 e. The number of carbonyl (C=O) groups is 1. The Bertz CT molecular complexity index is 801. The maximum absolute atomic E-state index is 12.9. The molecule has 0 spiro atoms. The molecular formula is C19H18N2O2S. The third kappa shape index (κ3) is 2.99. The summed E-state index contributed by atoms with van der Waals surface area (Å²) in [5.74, 6) is 0.203. The summed E-state index contributed by atoms with van der Waals surface area (Å²) in [6.07, 6.45) is 6.00. The molecule has 0 atom stereocenters. The van der Waals surface area contributed by atoms with Gasteiger partial charge in [0.2, 0.25) is 0 Å². The number of anilines is 1. The van der Waals surface area contributed by atoms with Crippen molar-refractivity contribution in [2.24, 2.45) is 0 Å². The summed E-state index contributed by atoms with van der Waals surface area (Å²) < 4.78 is 5.32. The summed E-state index contributed by atoms with van der Waals surface area (Å²) in [5.41, 5.74) is 2.23. The molecule has 2 heterocycles. The number of furan rings is 1. The minimum absolute atomic E-state index is 0.144. The maximum atomic E-state index is 12.9. The van der Waals surface area contributed by atoms with Gasteiger partial charge in [-0.2, -0.15) is 0 Å². The fraction of sp³-hybridized carbons (Fsp3) is 0.263. The first-order valence-electron chi connectivity index (χ1n) is 8.19. The average molecular weight is 338 g/mol. The number of thiazole rings is 1. The zero-order valence-corrected chi connectivity index (χ0v) is 14.1. The van der Waals surface area contributed by atoms with Crippen molar-refractivity contribution in [2.75, 3.05) is 4.90 Å². The minimum atomic E-state index is -0.144. The van der Waals surface area contributed by atoms with Gasteiger partial charge in [0, 0.05) is 4.88 Å². The van der Waals surface area contributed by atoms with E-state index < -0.39 is 0 Å². The van der Waals surface area contributed by atoms with Crippen molar-refractivity contribution in [1.82, 2.24) is 4.98 Å². The molecule has 0 aliphatic heterocycles. The van der Waals surface area contributed by atoms with E-state index in [-0.39, 0.29) is 5.91 Å². The minimum Gasteiger partial charge on any atom is -0.459 e. The Hall–Kier alpha value is -2.40. The topological polar surface area (TPSA) is 46.3 Å². The van der Waals surface area contributed by atoms with Gasteiger partial charge >= 0.3 is 0 Å². The van der Waals surface area contributed by atoms with Crippen LogP contribution in [0.2, 0.25) is 0 Å². The van der Waals surface area contributed by atoms with Crippen molar-refractivity contribution in [3.63, 3.8) is 0 Å². The zero-order chi connectivity index (χ0) is 16.4. The van der Waals surface area contributed by atoms with Crippen LogP contribution in [-0.2, 0) is 19.4 Å². The van der Waals surface area contributed by atoms with Gasteiger partial charge in [-0.3, -0.25) is 9.69 Å². The second kappa shape index (κ2) is 6.61. The van der Waals surface area contributed by atoms with Gasteiger partial charge < -0.3 is 4.42 Å². The Kier molecular flexibility index (Phi) is 4.17. The summed E-state index contributed by atoms with van der Waals surface area (Å²) in [5, 5.41) is 0.771. The third-order valence-electron chi connectivity index (χ3n) is 4.23. The van der Waals surface area contributed by atoms with E-state index in [0.717, 1.165) is 29.2 Å². The van der Waals surface area contributed by atoms with E-state index in [0.29, 0.717) is 12.3 Å². The molecule has 5 heteroatoms. The van der Waals surface area contributed by atoms with Gasteiger partial charge in [-0.05, 0) is 43.4 Å². The van der Waals surface area contributed by atoms with Gasteiger partial charge in [0.15, 0.2) is 10.9 Å². The van der Waals surface area contributed by atoms with E-state index in [1.165, 1.54) is 24.0 Å². The molecule has 0 N–H and O–H groups in total. The van der Waals surface area contributed by atoms with Crippen LogP contribution in [0.1, 0.15) is 39.5 Å². The van der Waals surface area contributed by atoms with Gasteiger partial charge in [0.1, 0.15) is 0 Å². The summed E-state index contributed by atoms with van der Waals surface area (Å²) in [4.78, 5) is 20.7. The number of hydrogen-bond donors (Lipinski definition) is 0. The lowest BCUT2D eigenvalue weighted by Gasteiger charge is -2.18. The summed E-state index contributed by atoms with van der Waals surface area (Å²) >= 11 is 1.64. The highest BCUT2D eigenvalue weighted by atomic mass is 32.1. The Morgan fingerprint density at radius 3 is 2.71 bits per heavy atom. The quantitative estimate of drug-likeness (QED) is 0.705. The first-order chi connectivity index (χ1) is 11.8. The maximum Gasteiger partial charge on any atom is 0.296 e. The molecule has 0 saturated heterocycles. The summed E-state index contributed by atoms with van der Waals surface area (Å²) in [7, 11) is 0. The fourth-order valence-corrected chi connectivity index (χ4v) is 4.13. The molecule has 3 aromatic rings. The van der Waals surface area contributed by atoms with E-state index in [1.807, 2.05) is 30.3 Å². The van der Waals surface area contributed by atoms with E-state index in [2.05, 4.69) is 0 Å². The predicted molar refractivity (Wildman–Crippen MR) is 94.4 cm³/mol. The van der Waals surface area contributed by atoms with E-state index in [1.54, 1.807) is 28.4 Å². The van der Waals surface area contributed by atoms with Crippen LogP contribution in [0.5, 0.6) is 0 Å². The second-order valence-corrected chi connectivity index (χ2v) is 6.99. The Morgan fingerprint density at radius 1 is 1.12 bits per heavy atom. The van der Waals surface area contributed by atoms with Crippen molar-refractivity contribution < 1.29 is 9.21 Å². The molecule has 0 unspecified atom stereocenters. The molecule has 0 bridgehead atoms. The van der Waals surface area contributed by atoms with Gasteiger partial charge in [0.05, 0.1) is 18.5 Å². The van der Waals surface area contributed by atoms with E-state index in [4.69, 9.17) is 9.40 Å². The summed E-state index contributed by atoms with van der Waals surface area (Å²) in [6.45, 7) is 0.493. The molecule has 1 aliphatic rings. The number of amides is 1. The number of carbonyl (C=O) groups excluding carboxylic acids is 1. The van der Waals surface area contributed by atoms with E-state index >= 15 is 0 Å². The van der Waals surface area contributed by atoms with E-state index in [9.17, 15) is 4.79 Å². The lowest BCUT2D eigenvalue weighted by molar-refractivity contribution is 0.0958. The SMILES string of the molecule is O=C(c1ccco1)N(Cc1ccccc1)c1nc2c(s1)CCCC2. The number of nitrogens with zero attached hydrogens (tertiary/aromatic N) is 2. The molecule has 24 heavy (non-hydrogen) atoms. The van der Waals surface area contributed by atoms with Crippen molar-refractivity contribution in [3.05, 3.63) is 70.6 Å². The highest BCUT2D eigenvalue weighted by molar-refractivity contribution is 7.16. The van der Waals surface area contributed by atoms with Gasteiger partial charge in [-0.25, -0.2) is 4.98 Å². The molecule has 2 aromatic heterocycles. The highest BCUT2D eigenvalue weighted by Gasteiger charge is 2.25. The molecule has 4 rings (SSSR count). The Balaban J connectivity index is 1.69. The molecule has 1 aliphatic carbocycles. The van der Waals surface area contributed by atoms with Gasteiger partial charge in [0.25, 0.3) is 5.91 Å². The lowest BCUT2D eigenvalue weighted by atomic mass is 10.0. The van der Waals surface area contributed by atoms with Crippen LogP contribution >= 0.6 is 11.3 Å². The number of hydrogen-bond acceptors (Lipinski definition) is 4. The number of aryl methyl sites for hydroxylation is 2. The molecule has 4 nitrogen and oxygen atoms in total. The first-order valence-corrected chi connectivity index (χ1v) is 9.01. The van der Waals surface area contributed by atoms with Crippen LogP contribution in [0.25, 0.3) is 0 Å². The van der Waals surface area contributed by atoms with Gasteiger partial charge in [-0.15, -0.1) is 11.3 Å². The lowest BCUT2D eigenvalue weighted by Crippen LogP contribution is -2.30. The van der Waals surface area contributed by atoms with Crippen LogP contribution < -0.4 is 4.90 Å². The average Bonchev–Trinajstić information content (AvgIpc) is 3.29. The standard InChI is InChI=1S/C19H18N2O2S/c22-18(16-10-6-12-23-16)21(13-14-7-2-1-3-8-14)19-20-15-9-4-5-11-17(15)24-19/h1-3,6-8,10,12H,4-5,9,11,13H2. The van der Waals surface area contributed by atoms with Crippen molar-refractivity contribution in [2.45, 2.75) is 32.2 Å². The third-order valence-corrected chi connectivity index (χ3v) is 5.41. The van der Waals surface area contributed by atoms with Crippen molar-refractivity contribution in [1.29, 1.82) is 0 Å². The van der Waals surface area contributed by atoms with Crippen molar-refractivity contribution >= 4 is 22.4 Å². The van der Waals surface area contributed by atoms with Crippen LogP contribution in [-0.4, -0.2) is 10.9 Å². The molecule has 0 saturated carbocycles. The predicted octanol–water partition coefficient (Wildman–Crippen LogP) is 4.46. The first kappa shape index (κ1) is 15.1.